The molecule has 1 saturated heterocycles. The molecule has 8 heteroatoms. The number of rotatable bonds is 5. The van der Waals surface area contributed by atoms with Crippen LogP contribution in [0, 0.1) is 5.92 Å². The maximum atomic E-state index is 12.0. The van der Waals surface area contributed by atoms with Crippen molar-refractivity contribution >= 4 is 11.8 Å². The van der Waals surface area contributed by atoms with E-state index in [1.165, 1.54) is 4.90 Å². The van der Waals surface area contributed by atoms with Crippen LogP contribution in [0.4, 0.5) is 13.2 Å². The number of nitrogens with zero attached hydrogens (tertiary/aromatic N) is 1. The first-order valence-corrected chi connectivity index (χ1v) is 6.48. The van der Waals surface area contributed by atoms with Gasteiger partial charge in [0, 0.05) is 6.54 Å². The van der Waals surface area contributed by atoms with Gasteiger partial charge < -0.3 is 15.0 Å². The molecule has 0 aromatic carbocycles. The van der Waals surface area contributed by atoms with Crippen LogP contribution in [0.15, 0.2) is 0 Å². The van der Waals surface area contributed by atoms with Crippen LogP contribution >= 0.6 is 0 Å². The molecule has 1 unspecified atom stereocenters. The lowest BCUT2D eigenvalue weighted by Gasteiger charge is -2.43. The van der Waals surface area contributed by atoms with E-state index in [1.54, 1.807) is 6.92 Å². The fourth-order valence-corrected chi connectivity index (χ4v) is 2.56. The molecule has 0 bridgehead atoms. The Morgan fingerprint density at radius 2 is 2.05 bits per heavy atom. The number of carbonyl (C=O) groups is 2. The summed E-state index contributed by atoms with van der Waals surface area (Å²) in [5, 5.41) is 2.54. The van der Waals surface area contributed by atoms with Crippen LogP contribution in [0.25, 0.3) is 0 Å². The Balaban J connectivity index is 1.95. The zero-order chi connectivity index (χ0) is 15.0. The van der Waals surface area contributed by atoms with Gasteiger partial charge in [-0.25, -0.2) is 0 Å². The van der Waals surface area contributed by atoms with Crippen LogP contribution in [0.5, 0.6) is 0 Å². The molecule has 1 aliphatic heterocycles. The maximum absolute atomic E-state index is 12.0. The minimum Gasteiger partial charge on any atom is -0.370 e. The fraction of sp³-hybridized carbons (Fsp3) is 0.833. The van der Waals surface area contributed by atoms with Crippen LogP contribution in [0.2, 0.25) is 0 Å². The van der Waals surface area contributed by atoms with Crippen molar-refractivity contribution in [3.05, 3.63) is 0 Å². The van der Waals surface area contributed by atoms with E-state index in [2.05, 4.69) is 10.1 Å². The van der Waals surface area contributed by atoms with Gasteiger partial charge in [0.15, 0.2) is 0 Å². The minimum atomic E-state index is -4.39. The summed E-state index contributed by atoms with van der Waals surface area (Å²) >= 11 is 0. The minimum absolute atomic E-state index is 0.00463. The number of amides is 2. The number of nitrogens with one attached hydrogen (secondary N) is 1. The molecule has 0 aromatic heterocycles. The number of carbonyl (C=O) groups excluding carboxylic acids is 2. The molecule has 5 nitrogen and oxygen atoms in total. The summed E-state index contributed by atoms with van der Waals surface area (Å²) in [5.74, 6) is -0.445. The van der Waals surface area contributed by atoms with E-state index in [-0.39, 0.29) is 37.4 Å². The van der Waals surface area contributed by atoms with Gasteiger partial charge >= 0.3 is 6.18 Å². The summed E-state index contributed by atoms with van der Waals surface area (Å²) in [5.41, 5.74) is -0.961. The molecule has 20 heavy (non-hydrogen) atoms. The Morgan fingerprint density at radius 3 is 2.60 bits per heavy atom. The largest absolute Gasteiger partial charge is 0.411 e. The zero-order valence-electron chi connectivity index (χ0n) is 11.1. The number of piperazine rings is 1. The zero-order valence-corrected chi connectivity index (χ0v) is 11.1. The van der Waals surface area contributed by atoms with Gasteiger partial charge in [-0.15, -0.1) is 0 Å². The van der Waals surface area contributed by atoms with Crippen molar-refractivity contribution in [2.24, 2.45) is 5.92 Å². The van der Waals surface area contributed by atoms with Gasteiger partial charge in [0.2, 0.25) is 11.8 Å². The van der Waals surface area contributed by atoms with E-state index < -0.39 is 18.3 Å². The summed E-state index contributed by atoms with van der Waals surface area (Å²) in [6.45, 7) is -0.0290. The lowest BCUT2D eigenvalue weighted by Crippen LogP contribution is -2.67. The first-order valence-electron chi connectivity index (χ1n) is 6.48. The van der Waals surface area contributed by atoms with Crippen molar-refractivity contribution in [2.45, 2.75) is 31.5 Å². The van der Waals surface area contributed by atoms with Crippen molar-refractivity contribution < 1.29 is 27.5 Å². The second-order valence-corrected chi connectivity index (χ2v) is 5.32. The highest BCUT2D eigenvalue weighted by Gasteiger charge is 2.54. The third-order valence-electron chi connectivity index (χ3n) is 3.82. The molecule has 2 amide bonds. The summed E-state index contributed by atoms with van der Waals surface area (Å²) < 4.78 is 40.5. The quantitative estimate of drug-likeness (QED) is 0.759. The normalized spacial score (nSPS) is 27.7. The van der Waals surface area contributed by atoms with Crippen molar-refractivity contribution in [1.82, 2.24) is 10.2 Å². The monoisotopic (exact) mass is 294 g/mol. The van der Waals surface area contributed by atoms with Gasteiger partial charge in [0.1, 0.15) is 12.1 Å². The summed E-state index contributed by atoms with van der Waals surface area (Å²) in [4.78, 5) is 25.3. The molecule has 1 N–H and O–H groups in total. The molecule has 2 fully saturated rings. The van der Waals surface area contributed by atoms with Crippen LogP contribution in [-0.2, 0) is 14.3 Å². The van der Waals surface area contributed by atoms with E-state index in [1.807, 2.05) is 0 Å². The highest BCUT2D eigenvalue weighted by molar-refractivity contribution is 5.98. The predicted molar refractivity (Wildman–Crippen MR) is 62.7 cm³/mol. The van der Waals surface area contributed by atoms with E-state index in [4.69, 9.17) is 0 Å². The average molecular weight is 294 g/mol. The highest BCUT2D eigenvalue weighted by atomic mass is 19.4. The van der Waals surface area contributed by atoms with Crippen LogP contribution in [-0.4, -0.2) is 54.7 Å². The van der Waals surface area contributed by atoms with Gasteiger partial charge in [0.25, 0.3) is 0 Å². The standard InChI is InChI=1S/C12H17F3N2O3/c1-11(8-2-3-8)10(19)16-6-9(18)17(11)4-5-20-7-12(13,14)15/h8H,2-7H2,1H3,(H,16,19). The van der Waals surface area contributed by atoms with Gasteiger partial charge in [-0.3, -0.25) is 9.59 Å². The molecule has 1 atom stereocenters. The Hall–Kier alpha value is -1.31. The van der Waals surface area contributed by atoms with Crippen molar-refractivity contribution in [3.8, 4) is 0 Å². The van der Waals surface area contributed by atoms with Gasteiger partial charge in [0.05, 0.1) is 13.2 Å². The number of ether oxygens (including phenoxy) is 1. The third-order valence-corrected chi connectivity index (χ3v) is 3.82. The summed E-state index contributed by atoms with van der Waals surface area (Å²) in [7, 11) is 0. The number of halogens is 3. The number of alkyl halides is 3. The molecule has 0 radical (unpaired) electrons. The van der Waals surface area contributed by atoms with Crippen LogP contribution in [0.3, 0.4) is 0 Å². The fourth-order valence-electron chi connectivity index (χ4n) is 2.56. The Kier molecular flexibility index (Phi) is 3.95. The molecule has 2 rings (SSSR count). The Bertz CT molecular complexity index is 409. The van der Waals surface area contributed by atoms with Crippen molar-refractivity contribution in [2.75, 3.05) is 26.3 Å². The molecule has 114 valence electrons. The second-order valence-electron chi connectivity index (χ2n) is 5.32. The summed E-state index contributed by atoms with van der Waals surface area (Å²) in [6, 6.07) is 0. The number of hydrogen-bond acceptors (Lipinski definition) is 3. The summed E-state index contributed by atoms with van der Waals surface area (Å²) in [6.07, 6.45) is -2.70. The first-order chi connectivity index (χ1) is 9.25. The number of hydrogen-bond donors (Lipinski definition) is 1. The van der Waals surface area contributed by atoms with E-state index in [9.17, 15) is 22.8 Å². The first kappa shape index (κ1) is 15.1. The molecule has 1 heterocycles. The third kappa shape index (κ3) is 3.05. The maximum Gasteiger partial charge on any atom is 0.411 e. The van der Waals surface area contributed by atoms with E-state index in [0.717, 1.165) is 12.8 Å². The molecule has 1 saturated carbocycles. The van der Waals surface area contributed by atoms with Crippen molar-refractivity contribution in [3.63, 3.8) is 0 Å². The van der Waals surface area contributed by atoms with E-state index in [0.29, 0.717) is 0 Å². The van der Waals surface area contributed by atoms with Gasteiger partial charge in [-0.05, 0) is 25.7 Å². The van der Waals surface area contributed by atoms with Gasteiger partial charge in [-0.1, -0.05) is 0 Å². The van der Waals surface area contributed by atoms with Crippen LogP contribution in [0.1, 0.15) is 19.8 Å². The topological polar surface area (TPSA) is 58.6 Å². The lowest BCUT2D eigenvalue weighted by molar-refractivity contribution is -0.177. The molecule has 1 aliphatic carbocycles. The molecule has 0 aromatic rings. The smallest absolute Gasteiger partial charge is 0.370 e. The predicted octanol–water partition coefficient (Wildman–Crippen LogP) is 0.692. The molecular weight excluding hydrogens is 277 g/mol. The molecule has 0 spiro atoms. The van der Waals surface area contributed by atoms with E-state index >= 15 is 0 Å². The van der Waals surface area contributed by atoms with Gasteiger partial charge in [-0.2, -0.15) is 13.2 Å². The SMILES string of the molecule is CC1(C2CC2)C(=O)NCC(=O)N1CCOCC(F)(F)F. The van der Waals surface area contributed by atoms with Crippen LogP contribution < -0.4 is 5.32 Å². The molecular formula is C12H17F3N2O3. The van der Waals surface area contributed by atoms with Crippen molar-refractivity contribution in [1.29, 1.82) is 0 Å². The molecule has 2 aliphatic rings. The Labute approximate surface area is 114 Å². The average Bonchev–Trinajstić information content (AvgIpc) is 3.16. The highest BCUT2D eigenvalue weighted by Crippen LogP contribution is 2.44. The Morgan fingerprint density at radius 1 is 1.40 bits per heavy atom. The lowest BCUT2D eigenvalue weighted by atomic mass is 9.90. The second kappa shape index (κ2) is 5.23.